The zero-order valence-electron chi connectivity index (χ0n) is 19.3. The molecule has 2 unspecified atom stereocenters. The van der Waals surface area contributed by atoms with E-state index in [0.717, 1.165) is 46.2 Å². The minimum Gasteiger partial charge on any atom is -0.369 e. The number of halogens is 1. The first-order valence-electron chi connectivity index (χ1n) is 11.8. The number of anilines is 1. The van der Waals surface area contributed by atoms with Gasteiger partial charge in [0.15, 0.2) is 0 Å². The average molecular weight is 469 g/mol. The van der Waals surface area contributed by atoms with E-state index in [1.807, 2.05) is 54.3 Å². The number of amides is 2. The number of aryl methyl sites for hydroxylation is 1. The van der Waals surface area contributed by atoms with Gasteiger partial charge in [-0.25, -0.2) is 9.07 Å². The standard InChI is InChI=1S/C28H25FN4O2/c1-17-4-2-3-5-22(17)26-23(28(12-13-28)27(30)35)15-25(34)32(26)21-10-11-24-18(14-21)16-31-33(24)20-8-6-19(29)7-9-20/h2-11,14,16,23,26H,12-13,15H2,1H3,(H2,30,35). The van der Waals surface area contributed by atoms with Crippen LogP contribution in [0, 0.1) is 24.1 Å². The molecular formula is C28H25FN4O2. The molecule has 1 saturated heterocycles. The van der Waals surface area contributed by atoms with Gasteiger partial charge in [0.1, 0.15) is 5.82 Å². The maximum absolute atomic E-state index is 13.5. The SMILES string of the molecule is Cc1ccccc1C1C(C2(C(N)=O)CC2)CC(=O)N1c1ccc2c(cnn2-c2ccc(F)cc2)c1. The molecule has 7 heteroatoms. The quantitative estimate of drug-likeness (QED) is 0.455. The van der Waals surface area contributed by atoms with Crippen LogP contribution in [0.3, 0.4) is 0 Å². The van der Waals surface area contributed by atoms with Gasteiger partial charge < -0.3 is 10.6 Å². The van der Waals surface area contributed by atoms with Crippen LogP contribution in [0.1, 0.15) is 36.4 Å². The number of hydrogen-bond acceptors (Lipinski definition) is 3. The molecule has 0 radical (unpaired) electrons. The molecule has 4 aromatic rings. The lowest BCUT2D eigenvalue weighted by Crippen LogP contribution is -2.36. The van der Waals surface area contributed by atoms with E-state index >= 15 is 0 Å². The highest BCUT2D eigenvalue weighted by atomic mass is 19.1. The predicted molar refractivity (Wildman–Crippen MR) is 131 cm³/mol. The number of nitrogens with two attached hydrogens (primary N) is 1. The molecule has 6 nitrogen and oxygen atoms in total. The van der Waals surface area contributed by atoms with Crippen molar-refractivity contribution in [2.75, 3.05) is 4.90 Å². The molecule has 1 aliphatic carbocycles. The number of hydrogen-bond donors (Lipinski definition) is 1. The summed E-state index contributed by atoms with van der Waals surface area (Å²) >= 11 is 0. The van der Waals surface area contributed by atoms with Crippen molar-refractivity contribution in [1.82, 2.24) is 9.78 Å². The van der Waals surface area contributed by atoms with E-state index < -0.39 is 5.41 Å². The van der Waals surface area contributed by atoms with Gasteiger partial charge in [0.05, 0.1) is 28.9 Å². The number of carbonyl (C=O) groups excluding carboxylic acids is 2. The molecule has 2 heterocycles. The van der Waals surface area contributed by atoms with Crippen LogP contribution in [-0.2, 0) is 9.59 Å². The van der Waals surface area contributed by atoms with Crippen molar-refractivity contribution in [2.45, 2.75) is 32.2 Å². The van der Waals surface area contributed by atoms with E-state index in [9.17, 15) is 14.0 Å². The smallest absolute Gasteiger partial charge is 0.227 e. The van der Waals surface area contributed by atoms with Crippen molar-refractivity contribution >= 4 is 28.4 Å². The highest BCUT2D eigenvalue weighted by molar-refractivity contribution is 6.00. The summed E-state index contributed by atoms with van der Waals surface area (Å²) in [5.41, 5.74) is 9.71. The molecule has 0 bridgehead atoms. The Morgan fingerprint density at radius 3 is 2.46 bits per heavy atom. The molecule has 2 N–H and O–H groups in total. The van der Waals surface area contributed by atoms with Crippen molar-refractivity contribution in [3.8, 4) is 5.69 Å². The molecule has 2 fully saturated rings. The molecule has 2 aliphatic rings. The molecule has 1 aromatic heterocycles. The topological polar surface area (TPSA) is 81.2 Å². The second-order valence-electron chi connectivity index (χ2n) is 9.67. The molecule has 6 rings (SSSR count). The zero-order valence-corrected chi connectivity index (χ0v) is 19.3. The van der Waals surface area contributed by atoms with Crippen LogP contribution in [0.15, 0.2) is 72.9 Å². The van der Waals surface area contributed by atoms with E-state index in [4.69, 9.17) is 5.73 Å². The Labute approximate surface area is 202 Å². The van der Waals surface area contributed by atoms with Crippen LogP contribution in [0.25, 0.3) is 16.6 Å². The largest absolute Gasteiger partial charge is 0.369 e. The van der Waals surface area contributed by atoms with E-state index in [-0.39, 0.29) is 36.0 Å². The van der Waals surface area contributed by atoms with E-state index in [1.165, 1.54) is 12.1 Å². The molecular weight excluding hydrogens is 443 g/mol. The number of rotatable bonds is 5. The second kappa shape index (κ2) is 7.77. The molecule has 2 atom stereocenters. The predicted octanol–water partition coefficient (Wildman–Crippen LogP) is 4.83. The Kier molecular flexibility index (Phi) is 4.78. The second-order valence-corrected chi connectivity index (χ2v) is 9.67. The van der Waals surface area contributed by atoms with Gasteiger partial charge in [-0.15, -0.1) is 0 Å². The molecule has 0 spiro atoms. The minimum absolute atomic E-state index is 0.0129. The van der Waals surface area contributed by atoms with Crippen LogP contribution in [0.2, 0.25) is 0 Å². The summed E-state index contributed by atoms with van der Waals surface area (Å²) in [5.74, 6) is -0.805. The third-order valence-electron chi connectivity index (χ3n) is 7.72. The van der Waals surface area contributed by atoms with Crippen LogP contribution >= 0.6 is 0 Å². The summed E-state index contributed by atoms with van der Waals surface area (Å²) in [5, 5.41) is 5.35. The number of fused-ring (bicyclic) bond motifs is 1. The Balaban J connectivity index is 1.45. The maximum atomic E-state index is 13.5. The first kappa shape index (κ1) is 21.5. The Morgan fingerprint density at radius 1 is 1.06 bits per heavy atom. The van der Waals surface area contributed by atoms with Gasteiger partial charge in [-0.2, -0.15) is 5.10 Å². The van der Waals surface area contributed by atoms with Gasteiger partial charge in [-0.3, -0.25) is 9.59 Å². The number of carbonyl (C=O) groups is 2. The Bertz CT molecular complexity index is 1470. The lowest BCUT2D eigenvalue weighted by molar-refractivity contribution is -0.125. The van der Waals surface area contributed by atoms with E-state index in [2.05, 4.69) is 5.10 Å². The molecule has 1 saturated carbocycles. The monoisotopic (exact) mass is 468 g/mol. The maximum Gasteiger partial charge on any atom is 0.227 e. The highest BCUT2D eigenvalue weighted by Gasteiger charge is 2.61. The van der Waals surface area contributed by atoms with Crippen LogP contribution < -0.4 is 10.6 Å². The normalized spacial score (nSPS) is 21.0. The highest BCUT2D eigenvalue weighted by Crippen LogP contribution is 2.61. The summed E-state index contributed by atoms with van der Waals surface area (Å²) in [6.45, 7) is 2.03. The lowest BCUT2D eigenvalue weighted by Gasteiger charge is -2.33. The van der Waals surface area contributed by atoms with Gasteiger partial charge >= 0.3 is 0 Å². The molecule has 176 valence electrons. The zero-order chi connectivity index (χ0) is 24.3. The van der Waals surface area contributed by atoms with Gasteiger partial charge in [0.25, 0.3) is 0 Å². The fourth-order valence-corrected chi connectivity index (χ4v) is 5.70. The molecule has 3 aromatic carbocycles. The lowest BCUT2D eigenvalue weighted by atomic mass is 9.78. The van der Waals surface area contributed by atoms with Gasteiger partial charge in [-0.1, -0.05) is 24.3 Å². The van der Waals surface area contributed by atoms with Crippen molar-refractivity contribution in [2.24, 2.45) is 17.1 Å². The van der Waals surface area contributed by atoms with E-state index in [0.29, 0.717) is 0 Å². The Hall–Kier alpha value is -4.00. The number of benzene rings is 3. The van der Waals surface area contributed by atoms with E-state index in [1.54, 1.807) is 23.0 Å². The van der Waals surface area contributed by atoms with Crippen LogP contribution in [0.5, 0.6) is 0 Å². The average Bonchev–Trinajstić information content (AvgIpc) is 3.45. The molecule has 1 aliphatic heterocycles. The summed E-state index contributed by atoms with van der Waals surface area (Å²) in [4.78, 5) is 27.8. The van der Waals surface area contributed by atoms with Gasteiger partial charge in [0.2, 0.25) is 11.8 Å². The fraction of sp³-hybridized carbons (Fsp3) is 0.250. The number of aromatic nitrogens is 2. The number of primary amides is 1. The fourth-order valence-electron chi connectivity index (χ4n) is 5.70. The van der Waals surface area contributed by atoms with Crippen molar-refractivity contribution < 1.29 is 14.0 Å². The van der Waals surface area contributed by atoms with Crippen LogP contribution in [-0.4, -0.2) is 21.6 Å². The molecule has 2 amide bonds. The van der Waals surface area contributed by atoms with Crippen molar-refractivity contribution in [3.05, 3.63) is 89.9 Å². The van der Waals surface area contributed by atoms with Crippen LogP contribution in [0.4, 0.5) is 10.1 Å². The van der Waals surface area contributed by atoms with Gasteiger partial charge in [-0.05, 0) is 73.4 Å². The first-order valence-corrected chi connectivity index (χ1v) is 11.8. The summed E-state index contributed by atoms with van der Waals surface area (Å²) in [7, 11) is 0. The van der Waals surface area contributed by atoms with Crippen molar-refractivity contribution in [3.63, 3.8) is 0 Å². The summed E-state index contributed by atoms with van der Waals surface area (Å²) < 4.78 is 15.1. The first-order chi connectivity index (χ1) is 16.9. The Morgan fingerprint density at radius 2 is 1.77 bits per heavy atom. The third kappa shape index (κ3) is 3.33. The van der Waals surface area contributed by atoms with Gasteiger partial charge in [0, 0.05) is 23.4 Å². The van der Waals surface area contributed by atoms with Crippen molar-refractivity contribution in [1.29, 1.82) is 0 Å². The number of nitrogens with zero attached hydrogens (tertiary/aromatic N) is 3. The molecule has 35 heavy (non-hydrogen) atoms. The summed E-state index contributed by atoms with van der Waals surface area (Å²) in [6, 6.07) is 19.7. The third-order valence-corrected chi connectivity index (χ3v) is 7.72. The minimum atomic E-state index is -0.630. The summed E-state index contributed by atoms with van der Waals surface area (Å²) in [6.07, 6.45) is 3.48.